The normalized spacial score (nSPS) is 15.6. The second-order valence-electron chi connectivity index (χ2n) is 6.71. The van der Waals surface area contributed by atoms with Gasteiger partial charge in [0.15, 0.2) is 5.82 Å². The number of hydrogen-bond acceptors (Lipinski definition) is 8. The first-order valence-corrected chi connectivity index (χ1v) is 9.62. The molecule has 0 aliphatic carbocycles. The van der Waals surface area contributed by atoms with Crippen LogP contribution in [0.2, 0.25) is 0 Å². The Morgan fingerprint density at radius 2 is 1.68 bits per heavy atom. The predicted octanol–water partition coefficient (Wildman–Crippen LogP) is 1.20. The van der Waals surface area contributed by atoms with Crippen LogP contribution in [0.3, 0.4) is 0 Å². The molecule has 0 saturated heterocycles. The quantitative estimate of drug-likeness (QED) is 0.230. The van der Waals surface area contributed by atoms with Gasteiger partial charge < -0.3 is 36.7 Å². The fraction of sp³-hybridized carbons (Fsp3) is 0.526. The summed E-state index contributed by atoms with van der Waals surface area (Å²) >= 11 is 0. The van der Waals surface area contributed by atoms with Crippen LogP contribution in [-0.2, 0) is 20.9 Å². The van der Waals surface area contributed by atoms with Gasteiger partial charge in [0.05, 0.1) is 0 Å². The van der Waals surface area contributed by atoms with Gasteiger partial charge in [-0.3, -0.25) is 9.59 Å². The Morgan fingerprint density at radius 3 is 2.24 bits per heavy atom. The Kier molecular flexibility index (Phi) is 8.74. The number of aromatic nitrogens is 3. The monoisotopic (exact) mass is 496 g/mol. The maximum absolute atomic E-state index is 10.9. The number of carbonyl (C=O) groups is 3. The van der Waals surface area contributed by atoms with Gasteiger partial charge in [0.1, 0.15) is 17.8 Å². The smallest absolute Gasteiger partial charge is 0.480 e. The fourth-order valence-corrected chi connectivity index (χ4v) is 2.24. The van der Waals surface area contributed by atoms with Crippen molar-refractivity contribution in [1.82, 2.24) is 14.5 Å². The van der Waals surface area contributed by atoms with E-state index in [1.807, 2.05) is 0 Å². The molecule has 0 spiro atoms. The van der Waals surface area contributed by atoms with Crippen LogP contribution < -0.4 is 16.8 Å². The van der Waals surface area contributed by atoms with Gasteiger partial charge >= 0.3 is 24.1 Å². The molecule has 0 aromatic heterocycles. The SMILES string of the molecule is O=C(O)C(F)(F)F.[2H]C([2H])(C[C@H](N)C(=O)O)C([2H])([2H])Cn1cccc2nc(NCCC[C@H](N)C(=O)O)nc1-2. The molecule has 0 fully saturated rings. The third kappa shape index (κ3) is 9.99. The number of aliphatic carboxylic acids is 3. The van der Waals surface area contributed by atoms with Crippen molar-refractivity contribution < 1.29 is 48.4 Å². The number of imidazole rings is 1. The van der Waals surface area contributed by atoms with E-state index in [0.717, 1.165) is 0 Å². The third-order valence-corrected chi connectivity index (χ3v) is 4.01. The average Bonchev–Trinajstić information content (AvgIpc) is 3.19. The second kappa shape index (κ2) is 13.3. The lowest BCUT2D eigenvalue weighted by atomic mass is 10.1. The topological polar surface area (TPSA) is 207 Å². The first-order chi connectivity index (χ1) is 17.3. The van der Waals surface area contributed by atoms with Crippen LogP contribution in [0.15, 0.2) is 18.3 Å². The van der Waals surface area contributed by atoms with Gasteiger partial charge in [-0.15, -0.1) is 0 Å². The summed E-state index contributed by atoms with van der Waals surface area (Å²) in [5.74, 6) is -4.66. The molecule has 15 heteroatoms. The fourth-order valence-electron chi connectivity index (χ4n) is 2.24. The number of pyridine rings is 1. The van der Waals surface area contributed by atoms with Crippen molar-refractivity contribution in [3.05, 3.63) is 18.3 Å². The maximum atomic E-state index is 10.9. The molecule has 2 aliphatic rings. The molecule has 2 heterocycles. The molecule has 0 saturated carbocycles. The molecule has 0 unspecified atom stereocenters. The highest BCUT2D eigenvalue weighted by atomic mass is 19.4. The van der Waals surface area contributed by atoms with Crippen molar-refractivity contribution in [1.29, 1.82) is 0 Å². The minimum atomic E-state index is -5.08. The van der Waals surface area contributed by atoms with Crippen LogP contribution in [0.25, 0.3) is 11.5 Å². The number of fused-ring (bicyclic) bond motifs is 1. The third-order valence-electron chi connectivity index (χ3n) is 4.01. The highest BCUT2D eigenvalue weighted by Crippen LogP contribution is 2.21. The molecule has 0 bridgehead atoms. The molecule has 0 radical (unpaired) electrons. The van der Waals surface area contributed by atoms with E-state index in [2.05, 4.69) is 15.3 Å². The van der Waals surface area contributed by atoms with E-state index >= 15 is 0 Å². The van der Waals surface area contributed by atoms with E-state index in [1.54, 1.807) is 12.1 Å². The van der Waals surface area contributed by atoms with Crippen molar-refractivity contribution in [2.75, 3.05) is 11.9 Å². The zero-order valence-electron chi connectivity index (χ0n) is 21.6. The Morgan fingerprint density at radius 1 is 1.09 bits per heavy atom. The van der Waals surface area contributed by atoms with Crippen LogP contribution in [-0.4, -0.2) is 72.6 Å². The Bertz CT molecular complexity index is 1090. The van der Waals surface area contributed by atoms with Gasteiger partial charge in [-0.25, -0.2) is 9.78 Å². The number of anilines is 1. The summed E-state index contributed by atoms with van der Waals surface area (Å²) in [5, 5.41) is 27.8. The summed E-state index contributed by atoms with van der Waals surface area (Å²) in [7, 11) is 0. The Balaban J connectivity index is 0.000000905. The minimum absolute atomic E-state index is 0.260. The number of halogens is 3. The summed E-state index contributed by atoms with van der Waals surface area (Å²) in [6.45, 7) is -0.0525. The summed E-state index contributed by atoms with van der Waals surface area (Å²) in [6.07, 6.45) is -8.45. The molecule has 12 nitrogen and oxygen atoms in total. The lowest BCUT2D eigenvalue weighted by Gasteiger charge is -2.11. The van der Waals surface area contributed by atoms with Crippen molar-refractivity contribution >= 4 is 23.9 Å². The Hall–Kier alpha value is -3.46. The van der Waals surface area contributed by atoms with E-state index in [4.69, 9.17) is 37.1 Å². The standard InChI is InChI=1S/C17H26N6O4.C2HF3O2/c18-11(15(24)25)5-1-2-9-23-10-4-7-13-14(23)22-17(21-13)20-8-3-6-12(19)16(26)27;3-2(4,5)1(6)7/h4,7,10-12H,1-3,5-6,8-9,18-19H2,(H,20,21)(H,24,25)(H,26,27);(H,6,7)/t11-,12-;/m0./s1/i1D2,2D2;. The summed E-state index contributed by atoms with van der Waals surface area (Å²) in [6, 6.07) is 0.792. The number of nitrogens with two attached hydrogens (primary N) is 2. The second-order valence-corrected chi connectivity index (χ2v) is 6.71. The van der Waals surface area contributed by atoms with E-state index < -0.39 is 61.9 Å². The number of alkyl halides is 3. The van der Waals surface area contributed by atoms with Gasteiger partial charge in [-0.05, 0) is 44.1 Å². The number of nitrogens with zero attached hydrogens (tertiary/aromatic N) is 3. The molecule has 0 amide bonds. The highest BCUT2D eigenvalue weighted by molar-refractivity contribution is 5.73. The molecule has 2 rings (SSSR count). The largest absolute Gasteiger partial charge is 0.490 e. The van der Waals surface area contributed by atoms with Crippen molar-refractivity contribution in [2.45, 2.75) is 56.8 Å². The maximum Gasteiger partial charge on any atom is 0.490 e. The zero-order valence-corrected chi connectivity index (χ0v) is 17.6. The van der Waals surface area contributed by atoms with E-state index in [1.165, 1.54) is 10.8 Å². The van der Waals surface area contributed by atoms with Crippen LogP contribution in [0, 0.1) is 0 Å². The number of carboxylic acid groups (broad SMARTS) is 3. The molecule has 0 aromatic rings. The van der Waals surface area contributed by atoms with E-state index in [-0.39, 0.29) is 12.4 Å². The average molecular weight is 496 g/mol. The number of rotatable bonds is 12. The highest BCUT2D eigenvalue weighted by Gasteiger charge is 2.38. The molecular formula is C19H27F3N6O6. The number of nitrogens with one attached hydrogen (secondary N) is 1. The lowest BCUT2D eigenvalue weighted by molar-refractivity contribution is -0.192. The molecule has 190 valence electrons. The first kappa shape index (κ1) is 22.3. The number of aryl methyl sites for hydroxylation is 1. The van der Waals surface area contributed by atoms with E-state index in [9.17, 15) is 22.8 Å². The van der Waals surface area contributed by atoms with Gasteiger partial charge in [0.2, 0.25) is 5.95 Å². The van der Waals surface area contributed by atoms with Gasteiger partial charge in [-0.1, -0.05) is 0 Å². The number of hydrogen-bond donors (Lipinski definition) is 6. The first-order valence-electron chi connectivity index (χ1n) is 11.6. The van der Waals surface area contributed by atoms with Crippen molar-refractivity contribution in [2.24, 2.45) is 11.5 Å². The zero-order chi connectivity index (χ0) is 29.5. The predicted molar refractivity (Wildman–Crippen MR) is 113 cm³/mol. The van der Waals surface area contributed by atoms with Gasteiger partial charge in [0, 0.05) is 24.8 Å². The number of carboxylic acids is 3. The van der Waals surface area contributed by atoms with E-state index in [0.29, 0.717) is 24.5 Å². The van der Waals surface area contributed by atoms with Gasteiger partial charge in [-0.2, -0.15) is 18.2 Å². The molecule has 34 heavy (non-hydrogen) atoms. The Labute approximate surface area is 197 Å². The van der Waals surface area contributed by atoms with Crippen LogP contribution in [0.5, 0.6) is 0 Å². The van der Waals surface area contributed by atoms with Crippen LogP contribution >= 0.6 is 0 Å². The summed E-state index contributed by atoms with van der Waals surface area (Å²) in [5.41, 5.74) is 11.3. The molecule has 0 aromatic carbocycles. The molecule has 2 atom stereocenters. The van der Waals surface area contributed by atoms with Crippen LogP contribution in [0.1, 0.15) is 37.5 Å². The van der Waals surface area contributed by atoms with Crippen LogP contribution in [0.4, 0.5) is 19.1 Å². The lowest BCUT2D eigenvalue weighted by Crippen LogP contribution is -2.30. The van der Waals surface area contributed by atoms with Gasteiger partial charge in [0.25, 0.3) is 0 Å². The molecule has 8 N–H and O–H groups in total. The van der Waals surface area contributed by atoms with Crippen molar-refractivity contribution in [3.63, 3.8) is 0 Å². The summed E-state index contributed by atoms with van der Waals surface area (Å²) in [4.78, 5) is 39.2. The van der Waals surface area contributed by atoms with Crippen molar-refractivity contribution in [3.8, 4) is 11.5 Å². The minimum Gasteiger partial charge on any atom is -0.480 e. The molecular weight excluding hydrogens is 465 g/mol. The molecule has 2 aliphatic heterocycles. The summed E-state index contributed by atoms with van der Waals surface area (Å²) < 4.78 is 65.6.